The molecule has 22 heavy (non-hydrogen) atoms. The number of benzene rings is 1. The number of rotatable bonds is 3. The van der Waals surface area contributed by atoms with Crippen molar-refractivity contribution >= 4 is 28.5 Å². The van der Waals surface area contributed by atoms with Crippen LogP contribution in [0.3, 0.4) is 0 Å². The molecule has 0 bridgehead atoms. The Morgan fingerprint density at radius 3 is 3.00 bits per heavy atom. The third-order valence-electron chi connectivity index (χ3n) is 3.80. The molecule has 7 nitrogen and oxygen atoms in total. The molecule has 0 aliphatic carbocycles. The maximum Gasteiger partial charge on any atom is 0.317 e. The van der Waals surface area contributed by atoms with Gasteiger partial charge >= 0.3 is 11.1 Å². The third kappa shape index (κ3) is 2.42. The summed E-state index contributed by atoms with van der Waals surface area (Å²) in [4.78, 5) is 43.0. The number of nitrogens with one attached hydrogen (secondary N) is 2. The summed E-state index contributed by atoms with van der Waals surface area (Å²) in [5.74, 6) is -0.342. The molecule has 8 heteroatoms. The predicted molar refractivity (Wildman–Crippen MR) is 81.0 cm³/mol. The molecular formula is C14H14ClN3O4. The Bertz CT molecular complexity index is 871. The van der Waals surface area contributed by atoms with Crippen molar-refractivity contribution in [3.63, 3.8) is 0 Å². The van der Waals surface area contributed by atoms with Crippen molar-refractivity contribution in [2.24, 2.45) is 0 Å². The highest BCUT2D eigenvalue weighted by atomic mass is 35.5. The first-order valence-corrected chi connectivity index (χ1v) is 7.18. The first-order valence-electron chi connectivity index (χ1n) is 6.80. The third-order valence-corrected chi connectivity index (χ3v) is 4.02. The summed E-state index contributed by atoms with van der Waals surface area (Å²) in [6.45, 7) is 0. The second-order valence-electron chi connectivity index (χ2n) is 5.22. The topological polar surface area (TPSA) is 93.2 Å². The van der Waals surface area contributed by atoms with Crippen LogP contribution in [0.2, 0.25) is 5.02 Å². The van der Waals surface area contributed by atoms with E-state index in [2.05, 4.69) is 15.3 Å². The SMILES string of the molecule is CONC(=O)CC1CCc2cc(Cl)cc3[nH]c(=O)c(=O)n1c23. The molecule has 2 aromatic rings. The number of carbonyl (C=O) groups excluding carboxylic acids is 1. The number of aromatic nitrogens is 2. The zero-order valence-electron chi connectivity index (χ0n) is 11.8. The number of nitrogens with zero attached hydrogens (tertiary/aromatic N) is 1. The molecule has 0 saturated heterocycles. The van der Waals surface area contributed by atoms with Gasteiger partial charge in [-0.15, -0.1) is 0 Å². The maximum atomic E-state index is 12.3. The Labute approximate surface area is 129 Å². The molecule has 2 N–H and O–H groups in total. The molecule has 1 aliphatic heterocycles. The number of hydrogen-bond donors (Lipinski definition) is 2. The average Bonchev–Trinajstić information content (AvgIpc) is 2.45. The lowest BCUT2D eigenvalue weighted by atomic mass is 9.96. The smallest absolute Gasteiger partial charge is 0.316 e. The van der Waals surface area contributed by atoms with E-state index in [9.17, 15) is 14.4 Å². The van der Waals surface area contributed by atoms with Gasteiger partial charge in [0.25, 0.3) is 0 Å². The van der Waals surface area contributed by atoms with Gasteiger partial charge in [-0.1, -0.05) is 11.6 Å². The van der Waals surface area contributed by atoms with Gasteiger partial charge in [0.2, 0.25) is 5.91 Å². The fourth-order valence-electron chi connectivity index (χ4n) is 2.98. The van der Waals surface area contributed by atoms with Gasteiger partial charge in [-0.25, -0.2) is 5.48 Å². The number of H-pyrrole nitrogens is 1. The largest absolute Gasteiger partial charge is 0.317 e. The molecule has 2 heterocycles. The predicted octanol–water partition coefficient (Wildman–Crippen LogP) is 0.898. The number of halogens is 1. The van der Waals surface area contributed by atoms with E-state index < -0.39 is 11.1 Å². The molecule has 116 valence electrons. The van der Waals surface area contributed by atoms with Crippen LogP contribution in [0.15, 0.2) is 21.7 Å². The lowest BCUT2D eigenvalue weighted by Crippen LogP contribution is -2.41. The number of hydrogen-bond acceptors (Lipinski definition) is 4. The van der Waals surface area contributed by atoms with E-state index in [4.69, 9.17) is 11.6 Å². The Kier molecular flexibility index (Phi) is 3.76. The van der Waals surface area contributed by atoms with Crippen molar-refractivity contribution in [3.8, 4) is 0 Å². The van der Waals surface area contributed by atoms with E-state index in [1.807, 2.05) is 0 Å². The van der Waals surface area contributed by atoms with Crippen molar-refractivity contribution in [3.05, 3.63) is 43.4 Å². The van der Waals surface area contributed by atoms with Crippen LogP contribution in [-0.2, 0) is 16.1 Å². The van der Waals surface area contributed by atoms with E-state index in [-0.39, 0.29) is 18.4 Å². The first kappa shape index (κ1) is 14.8. The standard InChI is InChI=1S/C14H14ClN3O4/c1-22-17-11(19)6-9-3-2-7-4-8(15)5-10-12(7)18(9)14(21)13(20)16-10/h4-5,9H,2-3,6H2,1H3,(H,16,20)(H,17,19). The number of carbonyl (C=O) groups is 1. The number of aryl methyl sites for hydroxylation is 1. The van der Waals surface area contributed by atoms with Crippen LogP contribution >= 0.6 is 11.6 Å². The van der Waals surface area contributed by atoms with Crippen LogP contribution in [0.1, 0.15) is 24.4 Å². The molecule has 1 atom stereocenters. The highest BCUT2D eigenvalue weighted by molar-refractivity contribution is 6.31. The van der Waals surface area contributed by atoms with Crippen LogP contribution in [0, 0.1) is 0 Å². The molecule has 1 aromatic carbocycles. The molecule has 1 unspecified atom stereocenters. The van der Waals surface area contributed by atoms with Crippen molar-refractivity contribution in [1.82, 2.24) is 15.0 Å². The Balaban J connectivity index is 2.20. The highest BCUT2D eigenvalue weighted by Gasteiger charge is 2.26. The van der Waals surface area contributed by atoms with Crippen LogP contribution in [0.25, 0.3) is 11.0 Å². The first-order chi connectivity index (χ1) is 10.5. The summed E-state index contributed by atoms with van der Waals surface area (Å²) in [6, 6.07) is 3.00. The second kappa shape index (κ2) is 5.58. The van der Waals surface area contributed by atoms with E-state index in [0.29, 0.717) is 28.9 Å². The zero-order chi connectivity index (χ0) is 15.9. The van der Waals surface area contributed by atoms with Gasteiger partial charge in [0.1, 0.15) is 0 Å². The number of amides is 1. The minimum atomic E-state index is -0.722. The van der Waals surface area contributed by atoms with Gasteiger partial charge in [0.05, 0.1) is 18.1 Å². The van der Waals surface area contributed by atoms with Gasteiger partial charge in [0, 0.05) is 17.5 Å². The van der Waals surface area contributed by atoms with Crippen molar-refractivity contribution < 1.29 is 9.63 Å². The summed E-state index contributed by atoms with van der Waals surface area (Å²) < 4.78 is 1.40. The fraction of sp³-hybridized carbons (Fsp3) is 0.357. The minimum absolute atomic E-state index is 0.0639. The minimum Gasteiger partial charge on any atom is -0.316 e. The van der Waals surface area contributed by atoms with Crippen LogP contribution < -0.4 is 16.6 Å². The quantitative estimate of drug-likeness (QED) is 0.648. The molecule has 3 rings (SSSR count). The van der Waals surface area contributed by atoms with Crippen molar-refractivity contribution in [2.75, 3.05) is 7.11 Å². The molecule has 0 spiro atoms. The number of aromatic amines is 1. The summed E-state index contributed by atoms with van der Waals surface area (Å²) in [5, 5.41) is 0.499. The summed E-state index contributed by atoms with van der Waals surface area (Å²) in [6.07, 6.45) is 1.31. The van der Waals surface area contributed by atoms with E-state index in [0.717, 1.165) is 5.56 Å². The van der Waals surface area contributed by atoms with Gasteiger partial charge in [-0.2, -0.15) is 0 Å². The van der Waals surface area contributed by atoms with Crippen molar-refractivity contribution in [2.45, 2.75) is 25.3 Å². The molecule has 0 radical (unpaired) electrons. The maximum absolute atomic E-state index is 12.3. The van der Waals surface area contributed by atoms with Gasteiger partial charge in [0.15, 0.2) is 0 Å². The molecule has 1 aliphatic rings. The van der Waals surface area contributed by atoms with Gasteiger partial charge in [-0.05, 0) is 30.5 Å². The molecule has 0 fully saturated rings. The van der Waals surface area contributed by atoms with Gasteiger partial charge < -0.3 is 4.98 Å². The Morgan fingerprint density at radius 2 is 2.27 bits per heavy atom. The number of hydroxylamine groups is 1. The molecular weight excluding hydrogens is 310 g/mol. The van der Waals surface area contributed by atoms with Crippen LogP contribution in [0.5, 0.6) is 0 Å². The van der Waals surface area contributed by atoms with E-state index >= 15 is 0 Å². The fourth-order valence-corrected chi connectivity index (χ4v) is 3.22. The molecule has 1 aromatic heterocycles. The Hall–Kier alpha value is -2.12. The van der Waals surface area contributed by atoms with Crippen LogP contribution in [0.4, 0.5) is 0 Å². The molecule has 0 saturated carbocycles. The molecule has 1 amide bonds. The lowest BCUT2D eigenvalue weighted by molar-refractivity contribution is -0.132. The zero-order valence-corrected chi connectivity index (χ0v) is 12.6. The highest BCUT2D eigenvalue weighted by Crippen LogP contribution is 2.31. The lowest BCUT2D eigenvalue weighted by Gasteiger charge is -2.27. The Morgan fingerprint density at radius 1 is 1.50 bits per heavy atom. The van der Waals surface area contributed by atoms with Gasteiger partial charge in [-0.3, -0.25) is 23.8 Å². The average molecular weight is 324 g/mol. The summed E-state index contributed by atoms with van der Waals surface area (Å²) >= 11 is 6.04. The second-order valence-corrected chi connectivity index (χ2v) is 5.65. The van der Waals surface area contributed by atoms with Crippen molar-refractivity contribution in [1.29, 1.82) is 0 Å². The monoisotopic (exact) mass is 323 g/mol. The summed E-state index contributed by atoms with van der Waals surface area (Å²) in [7, 11) is 1.34. The summed E-state index contributed by atoms with van der Waals surface area (Å²) in [5.41, 5.74) is 2.87. The normalized spacial score (nSPS) is 16.7. The van der Waals surface area contributed by atoms with E-state index in [1.54, 1.807) is 12.1 Å². The van der Waals surface area contributed by atoms with Crippen LogP contribution in [-0.4, -0.2) is 22.6 Å². The van der Waals surface area contributed by atoms with E-state index in [1.165, 1.54) is 11.7 Å².